The molecule has 5 nitrogen and oxygen atoms in total. The number of ketones is 1. The molecule has 2 aromatic rings. The summed E-state index contributed by atoms with van der Waals surface area (Å²) in [6, 6.07) is 8.19. The zero-order valence-corrected chi connectivity index (χ0v) is 14.1. The molecule has 1 aromatic heterocycles. The maximum Gasteiger partial charge on any atom is 0.223 e. The van der Waals surface area contributed by atoms with Crippen molar-refractivity contribution in [2.24, 2.45) is 0 Å². The number of hydrogen-bond acceptors (Lipinski definition) is 5. The molecule has 0 atom stereocenters. The highest BCUT2D eigenvalue weighted by molar-refractivity contribution is 7.18. The van der Waals surface area contributed by atoms with Crippen molar-refractivity contribution in [3.8, 4) is 0 Å². The zero-order valence-electron chi connectivity index (χ0n) is 13.3. The number of benzene rings is 1. The molecule has 0 aliphatic carbocycles. The SMILES string of the molecule is CC(=O)CCC(=O)N1CCN(Cc2nc3ccccc3s2)CC1. The van der Waals surface area contributed by atoms with Crippen LogP contribution in [0.25, 0.3) is 10.2 Å². The minimum atomic E-state index is 0.0767. The maximum absolute atomic E-state index is 12.0. The summed E-state index contributed by atoms with van der Waals surface area (Å²) in [4.78, 5) is 31.9. The lowest BCUT2D eigenvalue weighted by Gasteiger charge is -2.34. The van der Waals surface area contributed by atoms with Crippen molar-refractivity contribution in [1.29, 1.82) is 0 Å². The van der Waals surface area contributed by atoms with Crippen LogP contribution in [0.2, 0.25) is 0 Å². The second-order valence-electron chi connectivity index (χ2n) is 5.93. The van der Waals surface area contributed by atoms with Crippen LogP contribution in [0.3, 0.4) is 0 Å². The number of para-hydroxylation sites is 1. The average molecular weight is 331 g/mol. The molecule has 23 heavy (non-hydrogen) atoms. The number of hydrogen-bond donors (Lipinski definition) is 0. The van der Waals surface area contributed by atoms with Gasteiger partial charge >= 0.3 is 0 Å². The van der Waals surface area contributed by atoms with Crippen LogP contribution in [0.1, 0.15) is 24.8 Å². The Hall–Kier alpha value is -1.79. The number of rotatable bonds is 5. The first-order chi connectivity index (χ1) is 11.1. The van der Waals surface area contributed by atoms with Gasteiger partial charge in [-0.25, -0.2) is 4.98 Å². The summed E-state index contributed by atoms with van der Waals surface area (Å²) in [6.45, 7) is 5.57. The predicted octanol–water partition coefficient (Wildman–Crippen LogP) is 2.31. The van der Waals surface area contributed by atoms with Crippen molar-refractivity contribution in [3.63, 3.8) is 0 Å². The Morgan fingerprint density at radius 1 is 1.13 bits per heavy atom. The summed E-state index contributed by atoms with van der Waals surface area (Å²) < 4.78 is 1.22. The van der Waals surface area contributed by atoms with Crippen LogP contribution in [0.15, 0.2) is 24.3 Å². The summed E-state index contributed by atoms with van der Waals surface area (Å²) in [5, 5.41) is 1.13. The Kier molecular flexibility index (Phi) is 5.03. The fourth-order valence-electron chi connectivity index (χ4n) is 2.78. The molecule has 1 aliphatic rings. The number of carbonyl (C=O) groups excluding carboxylic acids is 2. The number of aromatic nitrogens is 1. The van der Waals surface area contributed by atoms with Crippen LogP contribution in [0, 0.1) is 0 Å². The molecule has 3 rings (SSSR count). The van der Waals surface area contributed by atoms with Crippen LogP contribution in [0.5, 0.6) is 0 Å². The summed E-state index contributed by atoms with van der Waals surface area (Å²) >= 11 is 1.74. The van der Waals surface area contributed by atoms with E-state index < -0.39 is 0 Å². The summed E-state index contributed by atoms with van der Waals surface area (Å²) in [7, 11) is 0. The van der Waals surface area contributed by atoms with E-state index in [-0.39, 0.29) is 11.7 Å². The second-order valence-corrected chi connectivity index (χ2v) is 7.05. The van der Waals surface area contributed by atoms with Crippen molar-refractivity contribution in [1.82, 2.24) is 14.8 Å². The molecular formula is C17H21N3O2S. The quantitative estimate of drug-likeness (QED) is 0.844. The molecule has 0 spiro atoms. The molecule has 1 amide bonds. The molecule has 122 valence electrons. The number of amides is 1. The average Bonchev–Trinajstić information content (AvgIpc) is 2.95. The number of fused-ring (bicyclic) bond motifs is 1. The number of piperazine rings is 1. The fraction of sp³-hybridized carbons (Fsp3) is 0.471. The van der Waals surface area contributed by atoms with E-state index in [1.54, 1.807) is 11.3 Å². The Morgan fingerprint density at radius 3 is 2.57 bits per heavy atom. The van der Waals surface area contributed by atoms with E-state index in [0.717, 1.165) is 43.2 Å². The van der Waals surface area contributed by atoms with Gasteiger partial charge in [0.2, 0.25) is 5.91 Å². The molecule has 1 aromatic carbocycles. The van der Waals surface area contributed by atoms with Gasteiger partial charge in [0.1, 0.15) is 10.8 Å². The van der Waals surface area contributed by atoms with E-state index in [1.165, 1.54) is 11.6 Å². The lowest BCUT2D eigenvalue weighted by Crippen LogP contribution is -2.48. The van der Waals surface area contributed by atoms with Gasteiger partial charge in [0.25, 0.3) is 0 Å². The maximum atomic E-state index is 12.0. The standard InChI is InChI=1S/C17H21N3O2S/c1-13(21)6-7-17(22)20-10-8-19(9-11-20)12-16-18-14-4-2-3-5-15(14)23-16/h2-5H,6-12H2,1H3. The summed E-state index contributed by atoms with van der Waals surface area (Å²) in [6.07, 6.45) is 0.692. The molecule has 0 radical (unpaired) electrons. The van der Waals surface area contributed by atoms with Gasteiger partial charge in [0, 0.05) is 39.0 Å². The van der Waals surface area contributed by atoms with Crippen LogP contribution in [-0.4, -0.2) is 52.7 Å². The van der Waals surface area contributed by atoms with Crippen molar-refractivity contribution >= 4 is 33.2 Å². The van der Waals surface area contributed by atoms with Crippen molar-refractivity contribution < 1.29 is 9.59 Å². The molecule has 2 heterocycles. The van der Waals surface area contributed by atoms with Crippen LogP contribution >= 0.6 is 11.3 Å². The number of thiazole rings is 1. The van der Waals surface area contributed by atoms with Crippen LogP contribution < -0.4 is 0 Å². The van der Waals surface area contributed by atoms with E-state index in [2.05, 4.69) is 16.0 Å². The molecule has 1 saturated heterocycles. The van der Waals surface area contributed by atoms with E-state index in [4.69, 9.17) is 0 Å². The normalized spacial score (nSPS) is 16.0. The van der Waals surface area contributed by atoms with E-state index >= 15 is 0 Å². The zero-order chi connectivity index (χ0) is 16.2. The van der Waals surface area contributed by atoms with Gasteiger partial charge in [-0.1, -0.05) is 12.1 Å². The van der Waals surface area contributed by atoms with Gasteiger partial charge in [-0.05, 0) is 19.1 Å². The second kappa shape index (κ2) is 7.19. The first-order valence-electron chi connectivity index (χ1n) is 7.96. The fourth-order valence-corrected chi connectivity index (χ4v) is 3.79. The van der Waals surface area contributed by atoms with Crippen molar-refractivity contribution in [2.75, 3.05) is 26.2 Å². The number of nitrogens with zero attached hydrogens (tertiary/aromatic N) is 3. The predicted molar refractivity (Wildman–Crippen MR) is 91.4 cm³/mol. The minimum Gasteiger partial charge on any atom is -0.340 e. The van der Waals surface area contributed by atoms with E-state index in [9.17, 15) is 9.59 Å². The van der Waals surface area contributed by atoms with Gasteiger partial charge in [-0.3, -0.25) is 9.69 Å². The highest BCUT2D eigenvalue weighted by atomic mass is 32.1. The van der Waals surface area contributed by atoms with Crippen LogP contribution in [-0.2, 0) is 16.1 Å². The van der Waals surface area contributed by atoms with Crippen molar-refractivity contribution in [3.05, 3.63) is 29.3 Å². The van der Waals surface area contributed by atoms with E-state index in [0.29, 0.717) is 12.8 Å². The van der Waals surface area contributed by atoms with Gasteiger partial charge in [-0.15, -0.1) is 11.3 Å². The Bertz CT molecular complexity index is 672. The molecule has 0 saturated carbocycles. The Labute approximate surface area is 139 Å². The third kappa shape index (κ3) is 4.14. The molecule has 6 heteroatoms. The van der Waals surface area contributed by atoms with E-state index in [1.807, 2.05) is 23.1 Å². The highest BCUT2D eigenvalue weighted by Gasteiger charge is 2.21. The molecule has 1 fully saturated rings. The number of carbonyl (C=O) groups is 2. The summed E-state index contributed by atoms with van der Waals surface area (Å²) in [5.41, 5.74) is 1.06. The van der Waals surface area contributed by atoms with Crippen molar-refractivity contribution in [2.45, 2.75) is 26.3 Å². The first kappa shape index (κ1) is 16.1. The molecule has 0 unspecified atom stereocenters. The first-order valence-corrected chi connectivity index (χ1v) is 8.77. The summed E-state index contributed by atoms with van der Waals surface area (Å²) in [5.74, 6) is 0.174. The highest BCUT2D eigenvalue weighted by Crippen LogP contribution is 2.23. The van der Waals surface area contributed by atoms with Gasteiger partial charge < -0.3 is 9.69 Å². The monoisotopic (exact) mass is 331 g/mol. The largest absolute Gasteiger partial charge is 0.340 e. The van der Waals surface area contributed by atoms with Gasteiger partial charge in [-0.2, -0.15) is 0 Å². The Balaban J connectivity index is 1.51. The topological polar surface area (TPSA) is 53.5 Å². The third-order valence-electron chi connectivity index (χ3n) is 4.11. The molecule has 0 bridgehead atoms. The third-order valence-corrected chi connectivity index (χ3v) is 5.13. The number of Topliss-reactive ketones (excluding diaryl/α,β-unsaturated/α-hetero) is 1. The lowest BCUT2D eigenvalue weighted by atomic mass is 10.2. The molecule has 0 N–H and O–H groups in total. The minimum absolute atomic E-state index is 0.0767. The lowest BCUT2D eigenvalue weighted by molar-refractivity contribution is -0.134. The van der Waals surface area contributed by atoms with Gasteiger partial charge in [0.15, 0.2) is 0 Å². The smallest absolute Gasteiger partial charge is 0.223 e. The van der Waals surface area contributed by atoms with Crippen LogP contribution in [0.4, 0.5) is 0 Å². The van der Waals surface area contributed by atoms with Gasteiger partial charge in [0.05, 0.1) is 16.8 Å². The Morgan fingerprint density at radius 2 is 1.87 bits per heavy atom. The molecular weight excluding hydrogens is 310 g/mol. The molecule has 1 aliphatic heterocycles.